The maximum Gasteiger partial charge on any atom is 0.224 e. The van der Waals surface area contributed by atoms with Crippen LogP contribution in [0.4, 0.5) is 11.4 Å². The van der Waals surface area contributed by atoms with Gasteiger partial charge in [0.15, 0.2) is 0 Å². The quantitative estimate of drug-likeness (QED) is 0.758. The Morgan fingerprint density at radius 2 is 2.04 bits per heavy atom. The number of nitrogens with one attached hydrogen (secondary N) is 1. The fourth-order valence-electron chi connectivity index (χ4n) is 3.35. The molecule has 6 nitrogen and oxygen atoms in total. The third kappa shape index (κ3) is 6.54. The molecule has 0 saturated carbocycles. The number of carbonyl (C=O) groups excluding carboxylic acids is 2. The first-order valence-corrected chi connectivity index (χ1v) is 9.73. The highest BCUT2D eigenvalue weighted by Crippen LogP contribution is 2.25. The third-order valence-electron chi connectivity index (χ3n) is 4.69. The summed E-state index contributed by atoms with van der Waals surface area (Å²) in [5.41, 5.74) is 2.81. The van der Waals surface area contributed by atoms with E-state index in [-0.39, 0.29) is 17.9 Å². The SMILES string of the molecule is CC(=O)N(Cc1cc(NC(=O)CC(C)C)ccc1N(C)C)C[C@H]1CCCO1. The van der Waals surface area contributed by atoms with Gasteiger partial charge in [0, 0.05) is 58.5 Å². The summed E-state index contributed by atoms with van der Waals surface area (Å²) in [7, 11) is 3.96. The highest BCUT2D eigenvalue weighted by molar-refractivity contribution is 5.91. The summed E-state index contributed by atoms with van der Waals surface area (Å²) in [6.07, 6.45) is 2.65. The van der Waals surface area contributed by atoms with Crippen LogP contribution < -0.4 is 10.2 Å². The minimum absolute atomic E-state index is 0.0105. The number of benzene rings is 1. The van der Waals surface area contributed by atoms with E-state index in [2.05, 4.69) is 5.32 Å². The van der Waals surface area contributed by atoms with Crippen LogP contribution in [0.3, 0.4) is 0 Å². The van der Waals surface area contributed by atoms with Crippen LogP contribution >= 0.6 is 0 Å². The van der Waals surface area contributed by atoms with Crippen molar-refractivity contribution in [2.45, 2.75) is 52.7 Å². The van der Waals surface area contributed by atoms with Gasteiger partial charge >= 0.3 is 0 Å². The van der Waals surface area contributed by atoms with Gasteiger partial charge in [-0.2, -0.15) is 0 Å². The molecule has 0 spiro atoms. The molecular weight excluding hydrogens is 342 g/mol. The van der Waals surface area contributed by atoms with Crippen molar-refractivity contribution in [3.8, 4) is 0 Å². The summed E-state index contributed by atoms with van der Waals surface area (Å²) >= 11 is 0. The first-order valence-electron chi connectivity index (χ1n) is 9.73. The van der Waals surface area contributed by atoms with Crippen LogP contribution in [0.1, 0.15) is 45.6 Å². The van der Waals surface area contributed by atoms with Gasteiger partial charge in [-0.1, -0.05) is 13.8 Å². The lowest BCUT2D eigenvalue weighted by Gasteiger charge is -2.27. The topological polar surface area (TPSA) is 61.9 Å². The van der Waals surface area contributed by atoms with Gasteiger partial charge in [0.1, 0.15) is 0 Å². The molecule has 0 unspecified atom stereocenters. The summed E-state index contributed by atoms with van der Waals surface area (Å²) in [5.74, 6) is 0.353. The average molecular weight is 376 g/mol. The fraction of sp³-hybridized carbons (Fsp3) is 0.619. The van der Waals surface area contributed by atoms with Crippen LogP contribution in [0.15, 0.2) is 18.2 Å². The minimum Gasteiger partial charge on any atom is -0.377 e. The van der Waals surface area contributed by atoms with Crippen molar-refractivity contribution in [1.82, 2.24) is 4.90 Å². The number of amides is 2. The van der Waals surface area contributed by atoms with Gasteiger partial charge in [0.2, 0.25) is 11.8 Å². The summed E-state index contributed by atoms with van der Waals surface area (Å²) in [6, 6.07) is 5.87. The first kappa shape index (κ1) is 21.2. The Morgan fingerprint density at radius 3 is 2.59 bits per heavy atom. The summed E-state index contributed by atoms with van der Waals surface area (Å²) in [5, 5.41) is 2.97. The van der Waals surface area contributed by atoms with E-state index >= 15 is 0 Å². The van der Waals surface area contributed by atoms with Crippen molar-refractivity contribution < 1.29 is 14.3 Å². The molecule has 0 bridgehead atoms. The van der Waals surface area contributed by atoms with Crippen molar-refractivity contribution in [1.29, 1.82) is 0 Å². The predicted octanol–water partition coefficient (Wildman–Crippen LogP) is 3.26. The molecule has 1 heterocycles. The molecule has 1 aliphatic heterocycles. The molecule has 1 aliphatic rings. The normalized spacial score (nSPS) is 16.4. The Labute approximate surface area is 162 Å². The number of hydrogen-bond donors (Lipinski definition) is 1. The number of carbonyl (C=O) groups is 2. The number of hydrogen-bond acceptors (Lipinski definition) is 4. The molecule has 2 amide bonds. The van der Waals surface area contributed by atoms with E-state index in [0.29, 0.717) is 25.4 Å². The zero-order valence-electron chi connectivity index (χ0n) is 17.2. The molecule has 0 aliphatic carbocycles. The molecule has 0 aromatic heterocycles. The molecule has 1 aromatic carbocycles. The van der Waals surface area contributed by atoms with E-state index in [4.69, 9.17) is 4.74 Å². The molecule has 1 fully saturated rings. The van der Waals surface area contributed by atoms with E-state index in [1.807, 2.05) is 55.9 Å². The molecule has 1 atom stereocenters. The Kier molecular flexibility index (Phi) is 7.66. The Hall–Kier alpha value is -2.08. The van der Waals surface area contributed by atoms with Crippen LogP contribution in [0.2, 0.25) is 0 Å². The summed E-state index contributed by atoms with van der Waals surface area (Å²) in [4.78, 5) is 28.2. The molecule has 27 heavy (non-hydrogen) atoms. The number of rotatable bonds is 8. The van der Waals surface area contributed by atoms with E-state index in [1.54, 1.807) is 6.92 Å². The van der Waals surface area contributed by atoms with Crippen molar-refractivity contribution in [2.75, 3.05) is 37.5 Å². The van der Waals surface area contributed by atoms with Gasteiger partial charge in [0.25, 0.3) is 0 Å². The predicted molar refractivity (Wildman–Crippen MR) is 109 cm³/mol. The van der Waals surface area contributed by atoms with Gasteiger partial charge in [-0.25, -0.2) is 0 Å². The third-order valence-corrected chi connectivity index (χ3v) is 4.69. The van der Waals surface area contributed by atoms with E-state index in [1.165, 1.54) is 0 Å². The van der Waals surface area contributed by atoms with E-state index < -0.39 is 0 Å². The standard InChI is InChI=1S/C21H33N3O3/c1-15(2)11-21(26)22-18-8-9-20(23(4)5)17(12-18)13-24(16(3)25)14-19-7-6-10-27-19/h8-9,12,15,19H,6-7,10-11,13-14H2,1-5H3,(H,22,26)/t19-/m1/s1. The van der Waals surface area contributed by atoms with Crippen molar-refractivity contribution in [2.24, 2.45) is 5.92 Å². The number of nitrogens with zero attached hydrogens (tertiary/aromatic N) is 2. The van der Waals surface area contributed by atoms with Crippen LogP contribution in [0, 0.1) is 5.92 Å². The molecule has 1 aromatic rings. The monoisotopic (exact) mass is 375 g/mol. The fourth-order valence-corrected chi connectivity index (χ4v) is 3.35. The lowest BCUT2D eigenvalue weighted by molar-refractivity contribution is -0.131. The van der Waals surface area contributed by atoms with Crippen LogP contribution in [0.25, 0.3) is 0 Å². The second kappa shape index (κ2) is 9.74. The van der Waals surface area contributed by atoms with Crippen molar-refractivity contribution >= 4 is 23.2 Å². The first-order chi connectivity index (χ1) is 12.8. The molecule has 1 N–H and O–H groups in total. The maximum atomic E-state index is 12.2. The van der Waals surface area contributed by atoms with Crippen LogP contribution in [0.5, 0.6) is 0 Å². The van der Waals surface area contributed by atoms with Crippen molar-refractivity contribution in [3.05, 3.63) is 23.8 Å². The van der Waals surface area contributed by atoms with E-state index in [9.17, 15) is 9.59 Å². The van der Waals surface area contributed by atoms with Gasteiger partial charge in [-0.05, 0) is 42.5 Å². The van der Waals surface area contributed by atoms with Gasteiger partial charge < -0.3 is 19.9 Å². The highest BCUT2D eigenvalue weighted by atomic mass is 16.5. The highest BCUT2D eigenvalue weighted by Gasteiger charge is 2.22. The summed E-state index contributed by atoms with van der Waals surface area (Å²) < 4.78 is 5.70. The zero-order valence-corrected chi connectivity index (χ0v) is 17.2. The lowest BCUT2D eigenvalue weighted by Crippen LogP contribution is -2.35. The van der Waals surface area contributed by atoms with Gasteiger partial charge in [-0.15, -0.1) is 0 Å². The smallest absolute Gasteiger partial charge is 0.224 e. The number of anilines is 2. The molecule has 2 rings (SSSR count). The largest absolute Gasteiger partial charge is 0.377 e. The Morgan fingerprint density at radius 1 is 1.30 bits per heavy atom. The molecule has 0 radical (unpaired) electrons. The van der Waals surface area contributed by atoms with Gasteiger partial charge in [-0.3, -0.25) is 9.59 Å². The number of ether oxygens (including phenoxy) is 1. The second-order valence-corrected chi connectivity index (χ2v) is 7.92. The minimum atomic E-state index is 0.0105. The molecular formula is C21H33N3O3. The summed E-state index contributed by atoms with van der Waals surface area (Å²) in [6.45, 7) is 7.52. The Balaban J connectivity index is 2.18. The van der Waals surface area contributed by atoms with Crippen molar-refractivity contribution in [3.63, 3.8) is 0 Å². The van der Waals surface area contributed by atoms with Crippen LogP contribution in [-0.2, 0) is 20.9 Å². The maximum absolute atomic E-state index is 12.2. The lowest BCUT2D eigenvalue weighted by atomic mass is 10.1. The Bertz CT molecular complexity index is 652. The zero-order chi connectivity index (χ0) is 20.0. The molecule has 150 valence electrons. The molecule has 6 heteroatoms. The van der Waals surface area contributed by atoms with Crippen LogP contribution in [-0.4, -0.2) is 50.1 Å². The second-order valence-electron chi connectivity index (χ2n) is 7.92. The van der Waals surface area contributed by atoms with Gasteiger partial charge in [0.05, 0.1) is 6.10 Å². The molecule has 1 saturated heterocycles. The van der Waals surface area contributed by atoms with E-state index in [0.717, 1.165) is 36.4 Å². The average Bonchev–Trinajstić information content (AvgIpc) is 3.06.